The van der Waals surface area contributed by atoms with Crippen LogP contribution in [0.5, 0.6) is 0 Å². The summed E-state index contributed by atoms with van der Waals surface area (Å²) in [5.74, 6) is 0.747. The molecule has 1 unspecified atom stereocenters. The number of rotatable bonds is 5. The topological polar surface area (TPSA) is 55.6 Å². The van der Waals surface area contributed by atoms with E-state index in [9.17, 15) is 0 Å². The molecule has 0 fully saturated rings. The largest absolute Gasteiger partial charge is 0.304 e. The molecule has 0 saturated heterocycles. The molecule has 0 saturated carbocycles. The minimum atomic E-state index is -0.0842. The van der Waals surface area contributed by atoms with Crippen molar-refractivity contribution in [3.63, 3.8) is 0 Å². The first-order valence-electron chi connectivity index (χ1n) is 6.80. The van der Waals surface area contributed by atoms with Crippen molar-refractivity contribution in [3.05, 3.63) is 40.7 Å². The third-order valence-corrected chi connectivity index (χ3v) is 3.34. The molecule has 2 aromatic heterocycles. The van der Waals surface area contributed by atoms with Gasteiger partial charge in [-0.3, -0.25) is 4.68 Å². The van der Waals surface area contributed by atoms with Crippen LogP contribution in [0.25, 0.3) is 0 Å². The van der Waals surface area contributed by atoms with Gasteiger partial charge in [0.15, 0.2) is 0 Å². The molecule has 2 aromatic rings. The fraction of sp³-hybridized carbons (Fsp3) is 0.500. The molecule has 0 aromatic carbocycles. The lowest BCUT2D eigenvalue weighted by atomic mass is 10.1. The third kappa shape index (κ3) is 2.99. The average molecular weight is 294 g/mol. The lowest BCUT2D eigenvalue weighted by Gasteiger charge is -2.21. The van der Waals surface area contributed by atoms with E-state index in [1.54, 1.807) is 12.4 Å². The number of aromatic nitrogens is 4. The van der Waals surface area contributed by atoms with Crippen molar-refractivity contribution < 1.29 is 0 Å². The van der Waals surface area contributed by atoms with Crippen molar-refractivity contribution >= 4 is 11.6 Å². The zero-order valence-electron chi connectivity index (χ0n) is 12.3. The van der Waals surface area contributed by atoms with Gasteiger partial charge in [0, 0.05) is 12.2 Å². The SMILES string of the molecule is CCNC(c1ccnc(C)n1)c1c(Cl)cnn1C(C)C. The van der Waals surface area contributed by atoms with Gasteiger partial charge in [-0.1, -0.05) is 18.5 Å². The van der Waals surface area contributed by atoms with Crippen LogP contribution in [-0.2, 0) is 0 Å². The molecule has 0 aliphatic heterocycles. The maximum Gasteiger partial charge on any atom is 0.125 e. The Morgan fingerprint density at radius 2 is 2.15 bits per heavy atom. The number of nitrogens with zero attached hydrogens (tertiary/aromatic N) is 4. The molecule has 0 spiro atoms. The van der Waals surface area contributed by atoms with Gasteiger partial charge in [0.05, 0.1) is 28.6 Å². The van der Waals surface area contributed by atoms with Gasteiger partial charge < -0.3 is 5.32 Å². The van der Waals surface area contributed by atoms with Gasteiger partial charge in [-0.05, 0) is 33.4 Å². The van der Waals surface area contributed by atoms with Crippen LogP contribution in [0.3, 0.4) is 0 Å². The summed E-state index contributed by atoms with van der Waals surface area (Å²) in [6.45, 7) is 8.92. The van der Waals surface area contributed by atoms with Crippen LogP contribution in [0.1, 0.15) is 50.1 Å². The van der Waals surface area contributed by atoms with Crippen molar-refractivity contribution in [1.82, 2.24) is 25.1 Å². The highest BCUT2D eigenvalue weighted by molar-refractivity contribution is 6.31. The Morgan fingerprint density at radius 3 is 2.75 bits per heavy atom. The van der Waals surface area contributed by atoms with Crippen LogP contribution in [0.2, 0.25) is 5.02 Å². The first-order valence-corrected chi connectivity index (χ1v) is 7.18. The van der Waals surface area contributed by atoms with Crippen molar-refractivity contribution in [2.75, 3.05) is 6.54 Å². The third-order valence-electron chi connectivity index (χ3n) is 3.05. The Balaban J connectivity index is 2.51. The molecule has 1 atom stereocenters. The van der Waals surface area contributed by atoms with Gasteiger partial charge in [-0.25, -0.2) is 9.97 Å². The first kappa shape index (κ1) is 14.9. The van der Waals surface area contributed by atoms with Crippen LogP contribution in [0.15, 0.2) is 18.5 Å². The van der Waals surface area contributed by atoms with E-state index in [0.29, 0.717) is 5.02 Å². The Hall–Kier alpha value is -1.46. The lowest BCUT2D eigenvalue weighted by molar-refractivity contribution is 0.472. The zero-order chi connectivity index (χ0) is 14.7. The van der Waals surface area contributed by atoms with Gasteiger partial charge in [0.1, 0.15) is 5.82 Å². The molecule has 0 aliphatic rings. The second-order valence-corrected chi connectivity index (χ2v) is 5.34. The number of hydrogen-bond acceptors (Lipinski definition) is 4. The van der Waals surface area contributed by atoms with E-state index in [1.807, 2.05) is 17.7 Å². The monoisotopic (exact) mass is 293 g/mol. The summed E-state index contributed by atoms with van der Waals surface area (Å²) in [4.78, 5) is 8.67. The maximum absolute atomic E-state index is 6.34. The van der Waals surface area contributed by atoms with E-state index in [2.05, 4.69) is 41.2 Å². The summed E-state index contributed by atoms with van der Waals surface area (Å²) in [6.07, 6.45) is 3.46. The number of halogens is 1. The van der Waals surface area contributed by atoms with Gasteiger partial charge in [-0.2, -0.15) is 5.10 Å². The zero-order valence-corrected chi connectivity index (χ0v) is 13.0. The van der Waals surface area contributed by atoms with E-state index in [4.69, 9.17) is 11.6 Å². The molecule has 0 amide bonds. The molecular weight excluding hydrogens is 274 g/mol. The fourth-order valence-corrected chi connectivity index (χ4v) is 2.45. The van der Waals surface area contributed by atoms with Gasteiger partial charge in [-0.15, -0.1) is 0 Å². The van der Waals surface area contributed by atoms with E-state index in [0.717, 1.165) is 23.8 Å². The molecule has 0 bridgehead atoms. The van der Waals surface area contributed by atoms with Gasteiger partial charge in [0.2, 0.25) is 0 Å². The summed E-state index contributed by atoms with van der Waals surface area (Å²) < 4.78 is 1.94. The summed E-state index contributed by atoms with van der Waals surface area (Å²) in [5.41, 5.74) is 1.85. The van der Waals surface area contributed by atoms with Gasteiger partial charge in [0.25, 0.3) is 0 Å². The van der Waals surface area contributed by atoms with E-state index >= 15 is 0 Å². The smallest absolute Gasteiger partial charge is 0.125 e. The Kier molecular flexibility index (Phi) is 4.73. The summed E-state index contributed by atoms with van der Waals surface area (Å²) in [7, 11) is 0. The summed E-state index contributed by atoms with van der Waals surface area (Å²) in [6, 6.07) is 2.06. The van der Waals surface area contributed by atoms with Crippen LogP contribution in [0, 0.1) is 6.92 Å². The highest BCUT2D eigenvalue weighted by Crippen LogP contribution is 2.29. The van der Waals surface area contributed by atoms with Crippen LogP contribution in [-0.4, -0.2) is 26.3 Å². The van der Waals surface area contributed by atoms with Crippen molar-refractivity contribution in [1.29, 1.82) is 0 Å². The lowest BCUT2D eigenvalue weighted by Crippen LogP contribution is -2.27. The quantitative estimate of drug-likeness (QED) is 0.921. The predicted octanol–water partition coefficient (Wildman–Crippen LogP) is 2.91. The molecule has 108 valence electrons. The van der Waals surface area contributed by atoms with Crippen LogP contribution < -0.4 is 5.32 Å². The van der Waals surface area contributed by atoms with E-state index in [-0.39, 0.29) is 12.1 Å². The first-order chi connectivity index (χ1) is 9.54. The number of hydrogen-bond donors (Lipinski definition) is 1. The minimum absolute atomic E-state index is 0.0842. The standard InChI is InChI=1S/C14H20ClN5/c1-5-16-13(12-6-7-17-10(4)19-12)14-11(15)8-18-20(14)9(2)3/h6-9,13,16H,5H2,1-4H3. The molecule has 20 heavy (non-hydrogen) atoms. The van der Waals surface area contributed by atoms with E-state index < -0.39 is 0 Å². The molecule has 1 N–H and O–H groups in total. The Labute approximate surface area is 124 Å². The molecule has 2 rings (SSSR count). The van der Waals surface area contributed by atoms with Crippen molar-refractivity contribution in [2.24, 2.45) is 0 Å². The molecule has 2 heterocycles. The van der Waals surface area contributed by atoms with Crippen LogP contribution in [0.4, 0.5) is 0 Å². The molecule has 0 aliphatic carbocycles. The highest BCUT2D eigenvalue weighted by Gasteiger charge is 2.23. The van der Waals surface area contributed by atoms with Crippen molar-refractivity contribution in [3.8, 4) is 0 Å². The average Bonchev–Trinajstić information content (AvgIpc) is 2.78. The molecular formula is C14H20ClN5. The Morgan fingerprint density at radius 1 is 1.40 bits per heavy atom. The van der Waals surface area contributed by atoms with Gasteiger partial charge >= 0.3 is 0 Å². The maximum atomic E-state index is 6.34. The van der Waals surface area contributed by atoms with Crippen molar-refractivity contribution in [2.45, 2.75) is 39.8 Å². The highest BCUT2D eigenvalue weighted by atomic mass is 35.5. The number of nitrogens with one attached hydrogen (secondary N) is 1. The molecule has 0 radical (unpaired) electrons. The fourth-order valence-electron chi connectivity index (χ4n) is 2.21. The predicted molar refractivity (Wildman–Crippen MR) is 79.9 cm³/mol. The normalized spacial score (nSPS) is 12.9. The van der Waals surface area contributed by atoms with E-state index in [1.165, 1.54) is 0 Å². The summed E-state index contributed by atoms with van der Waals surface area (Å²) >= 11 is 6.34. The summed E-state index contributed by atoms with van der Waals surface area (Å²) in [5, 5.41) is 8.45. The Bertz CT molecular complexity index is 579. The second kappa shape index (κ2) is 6.33. The molecule has 6 heteroatoms. The minimum Gasteiger partial charge on any atom is -0.304 e. The molecule has 5 nitrogen and oxygen atoms in total. The second-order valence-electron chi connectivity index (χ2n) is 4.94. The number of aryl methyl sites for hydroxylation is 1. The van der Waals surface area contributed by atoms with Crippen LogP contribution >= 0.6 is 11.6 Å².